The van der Waals surface area contributed by atoms with E-state index in [1.807, 2.05) is 19.1 Å². The number of hydrogen-bond acceptors (Lipinski definition) is 4. The first kappa shape index (κ1) is 19.3. The van der Waals surface area contributed by atoms with Crippen LogP contribution in [0, 0.1) is 6.92 Å². The maximum atomic E-state index is 12.2. The summed E-state index contributed by atoms with van der Waals surface area (Å²) in [5.74, 6) is -0.397. The number of carbonyl (C=O) groups is 2. The van der Waals surface area contributed by atoms with E-state index < -0.39 is 11.9 Å². The summed E-state index contributed by atoms with van der Waals surface area (Å²) in [5.41, 5.74) is 4.98. The minimum Gasteiger partial charge on any atom is -0.423 e. The number of aryl methyl sites for hydroxylation is 1. The minimum absolute atomic E-state index is 0.347. The van der Waals surface area contributed by atoms with Gasteiger partial charge < -0.3 is 4.74 Å². The van der Waals surface area contributed by atoms with Crippen LogP contribution in [-0.2, 0) is 0 Å². The molecule has 0 aliphatic rings. The molecule has 3 aromatic rings. The van der Waals surface area contributed by atoms with Gasteiger partial charge in [0.05, 0.1) is 22.4 Å². The van der Waals surface area contributed by atoms with Gasteiger partial charge in [-0.15, -0.1) is 0 Å². The molecule has 28 heavy (non-hydrogen) atoms. The van der Waals surface area contributed by atoms with E-state index in [1.54, 1.807) is 60.7 Å². The molecule has 0 saturated carbocycles. The van der Waals surface area contributed by atoms with Gasteiger partial charge in [0, 0.05) is 0 Å². The molecule has 3 aromatic carbocycles. The van der Waals surface area contributed by atoms with Crippen LogP contribution in [0.5, 0.6) is 5.75 Å². The van der Waals surface area contributed by atoms with Crippen LogP contribution in [0.1, 0.15) is 31.8 Å². The van der Waals surface area contributed by atoms with Crippen molar-refractivity contribution in [2.75, 3.05) is 0 Å². The van der Waals surface area contributed by atoms with Gasteiger partial charge in [0.15, 0.2) is 0 Å². The summed E-state index contributed by atoms with van der Waals surface area (Å²) < 4.78 is 5.36. The minimum atomic E-state index is -0.419. The van der Waals surface area contributed by atoms with Crippen molar-refractivity contribution in [1.29, 1.82) is 0 Å². The molecule has 0 bridgehead atoms. The first-order valence-electron chi connectivity index (χ1n) is 8.50. The Bertz CT molecular complexity index is 1030. The first-order valence-corrected chi connectivity index (χ1v) is 8.87. The highest BCUT2D eigenvalue weighted by atomic mass is 35.5. The summed E-state index contributed by atoms with van der Waals surface area (Å²) in [6.45, 7) is 1.91. The van der Waals surface area contributed by atoms with Crippen molar-refractivity contribution < 1.29 is 14.3 Å². The van der Waals surface area contributed by atoms with Gasteiger partial charge in [0.1, 0.15) is 5.75 Å². The Morgan fingerprint density at radius 2 is 1.75 bits per heavy atom. The Labute approximate surface area is 167 Å². The number of esters is 1. The third-order valence-corrected chi connectivity index (χ3v) is 4.17. The van der Waals surface area contributed by atoms with Gasteiger partial charge in [-0.2, -0.15) is 5.10 Å². The van der Waals surface area contributed by atoms with E-state index in [1.165, 1.54) is 6.21 Å². The molecule has 140 valence electrons. The van der Waals surface area contributed by atoms with E-state index in [9.17, 15) is 9.59 Å². The molecule has 0 radical (unpaired) electrons. The number of hydrazone groups is 1. The van der Waals surface area contributed by atoms with Gasteiger partial charge in [-0.25, -0.2) is 10.2 Å². The molecule has 0 fully saturated rings. The van der Waals surface area contributed by atoms with Crippen molar-refractivity contribution in [1.82, 2.24) is 5.43 Å². The second kappa shape index (κ2) is 8.97. The fraction of sp³-hybridized carbons (Fsp3) is 0.0455. The number of benzene rings is 3. The van der Waals surface area contributed by atoms with E-state index in [0.717, 1.165) is 11.1 Å². The van der Waals surface area contributed by atoms with E-state index in [0.29, 0.717) is 21.9 Å². The lowest BCUT2D eigenvalue weighted by Crippen LogP contribution is -2.17. The normalized spacial score (nSPS) is 10.6. The first-order chi connectivity index (χ1) is 13.5. The van der Waals surface area contributed by atoms with Crippen LogP contribution in [0.25, 0.3) is 0 Å². The van der Waals surface area contributed by atoms with Crippen LogP contribution in [-0.4, -0.2) is 18.1 Å². The van der Waals surface area contributed by atoms with Crippen LogP contribution in [0.3, 0.4) is 0 Å². The second-order valence-electron chi connectivity index (χ2n) is 6.01. The fourth-order valence-corrected chi connectivity index (χ4v) is 2.65. The van der Waals surface area contributed by atoms with E-state index >= 15 is 0 Å². The van der Waals surface area contributed by atoms with Crippen LogP contribution < -0.4 is 10.2 Å². The summed E-state index contributed by atoms with van der Waals surface area (Å²) in [6.07, 6.45) is 1.49. The monoisotopic (exact) mass is 392 g/mol. The maximum Gasteiger partial charge on any atom is 0.343 e. The van der Waals surface area contributed by atoms with Gasteiger partial charge in [0.25, 0.3) is 5.91 Å². The molecule has 0 heterocycles. The van der Waals surface area contributed by atoms with Crippen LogP contribution in [0.4, 0.5) is 0 Å². The Morgan fingerprint density at radius 1 is 1.00 bits per heavy atom. The maximum absolute atomic E-state index is 12.2. The quantitative estimate of drug-likeness (QED) is 0.298. The predicted molar refractivity (Wildman–Crippen MR) is 109 cm³/mol. The highest BCUT2D eigenvalue weighted by Crippen LogP contribution is 2.15. The molecular weight excluding hydrogens is 376 g/mol. The lowest BCUT2D eigenvalue weighted by Gasteiger charge is -2.05. The lowest BCUT2D eigenvalue weighted by molar-refractivity contribution is 0.0734. The number of ether oxygens (including phenoxy) is 1. The lowest BCUT2D eigenvalue weighted by atomic mass is 10.1. The van der Waals surface area contributed by atoms with Gasteiger partial charge in [0.2, 0.25) is 0 Å². The van der Waals surface area contributed by atoms with E-state index in [2.05, 4.69) is 10.5 Å². The molecule has 3 rings (SSSR count). The summed E-state index contributed by atoms with van der Waals surface area (Å²) in [5, 5.41) is 4.27. The van der Waals surface area contributed by atoms with Crippen molar-refractivity contribution in [2.24, 2.45) is 5.10 Å². The molecule has 0 atom stereocenters. The number of nitrogens with zero attached hydrogens (tertiary/aromatic N) is 1. The largest absolute Gasteiger partial charge is 0.423 e. The van der Waals surface area contributed by atoms with Gasteiger partial charge in [-0.05, 0) is 61.0 Å². The number of hydrogen-bond donors (Lipinski definition) is 1. The van der Waals surface area contributed by atoms with Crippen molar-refractivity contribution >= 4 is 29.7 Å². The fourth-order valence-electron chi connectivity index (χ4n) is 2.43. The Balaban J connectivity index is 1.58. The topological polar surface area (TPSA) is 67.8 Å². The molecule has 1 amide bonds. The summed E-state index contributed by atoms with van der Waals surface area (Å²) in [7, 11) is 0. The molecule has 0 aliphatic heterocycles. The Morgan fingerprint density at radius 3 is 2.46 bits per heavy atom. The number of amides is 1. The second-order valence-corrected chi connectivity index (χ2v) is 6.41. The highest BCUT2D eigenvalue weighted by Gasteiger charge is 2.09. The molecule has 0 aromatic heterocycles. The number of carbonyl (C=O) groups excluding carboxylic acids is 2. The molecule has 0 spiro atoms. The zero-order valence-corrected chi connectivity index (χ0v) is 15.8. The summed E-state index contributed by atoms with van der Waals surface area (Å²) >= 11 is 5.97. The molecule has 0 unspecified atom stereocenters. The van der Waals surface area contributed by atoms with Gasteiger partial charge in [-0.3, -0.25) is 4.79 Å². The predicted octanol–water partition coefficient (Wildman–Crippen LogP) is 4.63. The molecule has 6 heteroatoms. The Hall–Kier alpha value is -3.44. The zero-order chi connectivity index (χ0) is 19.9. The van der Waals surface area contributed by atoms with E-state index in [4.69, 9.17) is 16.3 Å². The average Bonchev–Trinajstić information content (AvgIpc) is 2.69. The molecule has 0 aliphatic carbocycles. The number of nitrogens with one attached hydrogen (secondary N) is 1. The average molecular weight is 393 g/mol. The molecule has 1 N–H and O–H groups in total. The van der Waals surface area contributed by atoms with Crippen molar-refractivity contribution in [3.8, 4) is 5.75 Å². The highest BCUT2D eigenvalue weighted by molar-refractivity contribution is 6.33. The third kappa shape index (κ3) is 5.05. The number of rotatable bonds is 5. The SMILES string of the molecule is Cc1cccc(C(=O)Oc2ccc(/C=N\NC(=O)c3ccccc3Cl)cc2)c1. The van der Waals surface area contributed by atoms with Crippen LogP contribution in [0.15, 0.2) is 77.9 Å². The van der Waals surface area contributed by atoms with E-state index in [-0.39, 0.29) is 0 Å². The van der Waals surface area contributed by atoms with Crippen LogP contribution >= 0.6 is 11.6 Å². The number of halogens is 1. The van der Waals surface area contributed by atoms with Crippen molar-refractivity contribution in [3.63, 3.8) is 0 Å². The Kier molecular flexibility index (Phi) is 6.19. The van der Waals surface area contributed by atoms with Crippen LogP contribution in [0.2, 0.25) is 5.02 Å². The van der Waals surface area contributed by atoms with Gasteiger partial charge >= 0.3 is 5.97 Å². The molecule has 5 nitrogen and oxygen atoms in total. The summed E-state index contributed by atoms with van der Waals surface area (Å²) in [4.78, 5) is 24.2. The van der Waals surface area contributed by atoms with Crippen molar-refractivity contribution in [2.45, 2.75) is 6.92 Å². The smallest absolute Gasteiger partial charge is 0.343 e. The standard InChI is InChI=1S/C22H17ClN2O3/c1-15-5-4-6-17(13-15)22(27)28-18-11-9-16(10-12-18)14-24-25-21(26)19-7-2-3-8-20(19)23/h2-14H,1H3,(H,25,26)/b24-14-. The summed E-state index contributed by atoms with van der Waals surface area (Å²) in [6, 6.07) is 20.7. The third-order valence-electron chi connectivity index (χ3n) is 3.84. The zero-order valence-electron chi connectivity index (χ0n) is 15.1. The van der Waals surface area contributed by atoms with Gasteiger partial charge in [-0.1, -0.05) is 41.4 Å². The molecular formula is C22H17ClN2O3. The van der Waals surface area contributed by atoms with Crippen molar-refractivity contribution in [3.05, 3.63) is 100 Å². The molecule has 0 saturated heterocycles.